The van der Waals surface area contributed by atoms with Crippen molar-refractivity contribution in [1.29, 1.82) is 0 Å². The van der Waals surface area contributed by atoms with Crippen LogP contribution in [-0.2, 0) is 12.8 Å². The van der Waals surface area contributed by atoms with Crippen molar-refractivity contribution in [2.24, 2.45) is 0 Å². The zero-order valence-corrected chi connectivity index (χ0v) is 29.2. The third kappa shape index (κ3) is 8.17. The minimum Gasteiger partial charge on any atom is -0.487 e. The predicted octanol–water partition coefficient (Wildman–Crippen LogP) is 7.57. The first-order chi connectivity index (χ1) is 23.8. The molecule has 7 heteroatoms. The van der Waals surface area contributed by atoms with Crippen molar-refractivity contribution in [2.45, 2.75) is 108 Å². The van der Waals surface area contributed by atoms with Crippen LogP contribution < -0.4 is 20.9 Å². The number of nitrogens with one attached hydrogen (secondary N) is 2. The van der Waals surface area contributed by atoms with Crippen LogP contribution in [0.25, 0.3) is 11.1 Å². The van der Waals surface area contributed by atoms with Gasteiger partial charge >= 0.3 is 0 Å². The minimum absolute atomic E-state index is 0.00192. The number of amides is 1. The zero-order valence-electron chi connectivity index (χ0n) is 29.2. The Morgan fingerprint density at radius 1 is 0.980 bits per heavy atom. The molecule has 4 atom stereocenters. The van der Waals surface area contributed by atoms with Crippen LogP contribution in [0.2, 0.25) is 0 Å². The number of ether oxygens (including phenoxy) is 1. The molecule has 4 aromatic rings. The predicted molar refractivity (Wildman–Crippen MR) is 196 cm³/mol. The van der Waals surface area contributed by atoms with Crippen LogP contribution >= 0.6 is 0 Å². The smallest absolute Gasteiger partial charge is 0.258 e. The second-order valence-electron chi connectivity index (χ2n) is 14.2. The first kappa shape index (κ1) is 34.7. The molecule has 1 aliphatic heterocycles. The maximum atomic E-state index is 14.1. The quantitative estimate of drug-likeness (QED) is 0.138. The van der Waals surface area contributed by atoms with Crippen molar-refractivity contribution >= 4 is 5.91 Å². The number of benzene rings is 3. The number of aliphatic hydroxyl groups is 1. The molecule has 4 unspecified atom stereocenters. The average molecular weight is 662 g/mol. The van der Waals surface area contributed by atoms with Gasteiger partial charge in [0.25, 0.3) is 11.5 Å². The highest BCUT2D eigenvalue weighted by Gasteiger charge is 2.37. The molecule has 1 saturated carbocycles. The molecule has 3 N–H and O–H groups in total. The third-order valence-corrected chi connectivity index (χ3v) is 10.4. The number of rotatable bonds is 13. The van der Waals surface area contributed by atoms with E-state index in [0.29, 0.717) is 17.5 Å². The summed E-state index contributed by atoms with van der Waals surface area (Å²) in [5.41, 5.74) is 4.73. The molecule has 1 fully saturated rings. The van der Waals surface area contributed by atoms with Crippen LogP contribution in [0.4, 0.5) is 0 Å². The van der Waals surface area contributed by atoms with Gasteiger partial charge in [0.1, 0.15) is 11.4 Å². The molecule has 1 aliphatic carbocycles. The fourth-order valence-electron chi connectivity index (χ4n) is 7.71. The van der Waals surface area contributed by atoms with Crippen LogP contribution in [0.15, 0.2) is 95.9 Å². The largest absolute Gasteiger partial charge is 0.487 e. The van der Waals surface area contributed by atoms with Crippen molar-refractivity contribution in [3.63, 3.8) is 0 Å². The normalized spacial score (nSPS) is 20.3. The number of aliphatic hydroxyl groups excluding tert-OH is 1. The lowest BCUT2D eigenvalue weighted by molar-refractivity contribution is 0.0347. The second kappa shape index (κ2) is 15.6. The lowest BCUT2D eigenvalue weighted by Crippen LogP contribution is -2.50. The molecule has 0 saturated heterocycles. The molecule has 258 valence electrons. The van der Waals surface area contributed by atoms with E-state index in [0.717, 1.165) is 73.8 Å². The number of hydrogen-bond acceptors (Lipinski definition) is 5. The van der Waals surface area contributed by atoms with E-state index in [4.69, 9.17) is 4.74 Å². The van der Waals surface area contributed by atoms with Gasteiger partial charge in [0.05, 0.1) is 17.7 Å². The maximum Gasteiger partial charge on any atom is 0.258 e. The van der Waals surface area contributed by atoms with Gasteiger partial charge in [-0.1, -0.05) is 106 Å². The van der Waals surface area contributed by atoms with Crippen molar-refractivity contribution in [1.82, 2.24) is 15.2 Å². The number of carbonyl (C=O) groups is 1. The number of carbonyl (C=O) groups excluding carboxylic acids is 1. The molecule has 2 aliphatic rings. The molecule has 3 aromatic carbocycles. The molecule has 49 heavy (non-hydrogen) atoms. The SMILES string of the molecule is CCCC1(C)CC(NCC(O)C(Cc2ccccc2)NC(=O)c2cc(-c3ccccc3)c(=O)n(C3CCCC3)c2)c2cc(CC)ccc2O1. The molecule has 1 amide bonds. The molecule has 0 radical (unpaired) electrons. The monoisotopic (exact) mass is 661 g/mol. The van der Waals surface area contributed by atoms with Gasteiger partial charge in [-0.15, -0.1) is 0 Å². The highest BCUT2D eigenvalue weighted by Crippen LogP contribution is 2.42. The van der Waals surface area contributed by atoms with E-state index < -0.39 is 12.1 Å². The van der Waals surface area contributed by atoms with Crippen LogP contribution in [0.5, 0.6) is 5.75 Å². The van der Waals surface area contributed by atoms with Crippen LogP contribution in [0, 0.1) is 0 Å². The highest BCUT2D eigenvalue weighted by molar-refractivity contribution is 5.95. The van der Waals surface area contributed by atoms with Gasteiger partial charge in [-0.3, -0.25) is 9.59 Å². The Kier molecular flexibility index (Phi) is 11.0. The Morgan fingerprint density at radius 2 is 1.69 bits per heavy atom. The van der Waals surface area contributed by atoms with Gasteiger partial charge in [0.15, 0.2) is 0 Å². The summed E-state index contributed by atoms with van der Waals surface area (Å²) in [4.78, 5) is 27.9. The molecule has 7 nitrogen and oxygen atoms in total. The summed E-state index contributed by atoms with van der Waals surface area (Å²) in [5, 5.41) is 18.7. The Labute approximate surface area is 290 Å². The Bertz CT molecular complexity index is 1770. The Hall–Kier alpha value is -4.20. The molecule has 2 heterocycles. The summed E-state index contributed by atoms with van der Waals surface area (Å²) in [6.07, 6.45) is 8.96. The van der Waals surface area contributed by atoms with E-state index in [1.165, 1.54) is 5.56 Å². The van der Waals surface area contributed by atoms with Gasteiger partial charge in [-0.05, 0) is 67.9 Å². The fraction of sp³-hybridized carbons (Fsp3) is 0.429. The van der Waals surface area contributed by atoms with Gasteiger partial charge < -0.3 is 25.0 Å². The van der Waals surface area contributed by atoms with E-state index in [1.807, 2.05) is 60.7 Å². The Morgan fingerprint density at radius 3 is 2.39 bits per heavy atom. The van der Waals surface area contributed by atoms with Crippen molar-refractivity contribution in [3.8, 4) is 16.9 Å². The third-order valence-electron chi connectivity index (χ3n) is 10.4. The summed E-state index contributed by atoms with van der Waals surface area (Å²) in [5.74, 6) is 0.593. The molecular weight excluding hydrogens is 610 g/mol. The van der Waals surface area contributed by atoms with Gasteiger partial charge in [0.2, 0.25) is 0 Å². The van der Waals surface area contributed by atoms with Crippen LogP contribution in [-0.4, -0.2) is 39.9 Å². The number of nitrogens with zero attached hydrogens (tertiary/aromatic N) is 1. The summed E-state index contributed by atoms with van der Waals surface area (Å²) in [6.45, 7) is 6.79. The number of aryl methyl sites for hydroxylation is 1. The number of hydrogen-bond donors (Lipinski definition) is 3. The minimum atomic E-state index is -0.878. The van der Waals surface area contributed by atoms with Crippen molar-refractivity contribution in [2.75, 3.05) is 6.54 Å². The molecule has 0 spiro atoms. The fourth-order valence-corrected chi connectivity index (χ4v) is 7.71. The first-order valence-corrected chi connectivity index (χ1v) is 18.2. The van der Waals surface area contributed by atoms with Gasteiger partial charge in [0, 0.05) is 42.4 Å². The number of pyridine rings is 1. The van der Waals surface area contributed by atoms with E-state index in [9.17, 15) is 14.7 Å². The molecule has 0 bridgehead atoms. The van der Waals surface area contributed by atoms with Crippen LogP contribution in [0.3, 0.4) is 0 Å². The Balaban J connectivity index is 1.27. The maximum absolute atomic E-state index is 14.1. The summed E-state index contributed by atoms with van der Waals surface area (Å²) in [7, 11) is 0. The lowest BCUT2D eigenvalue weighted by Gasteiger charge is -2.41. The van der Waals surface area contributed by atoms with Crippen LogP contribution in [0.1, 0.15) is 105 Å². The number of aromatic nitrogens is 1. The van der Waals surface area contributed by atoms with Crippen molar-refractivity contribution < 1.29 is 14.6 Å². The summed E-state index contributed by atoms with van der Waals surface area (Å²) < 4.78 is 8.31. The topological polar surface area (TPSA) is 92.6 Å². The lowest BCUT2D eigenvalue weighted by atomic mass is 9.84. The van der Waals surface area contributed by atoms with E-state index >= 15 is 0 Å². The van der Waals surface area contributed by atoms with E-state index in [2.05, 4.69) is 49.6 Å². The molecular formula is C42H51N3O4. The highest BCUT2D eigenvalue weighted by atomic mass is 16.5. The average Bonchev–Trinajstić information content (AvgIpc) is 3.66. The van der Waals surface area contributed by atoms with Gasteiger partial charge in [-0.2, -0.15) is 0 Å². The first-order valence-electron chi connectivity index (χ1n) is 18.2. The van der Waals surface area contributed by atoms with E-state index in [1.54, 1.807) is 16.8 Å². The van der Waals surface area contributed by atoms with Gasteiger partial charge in [-0.25, -0.2) is 0 Å². The number of fused-ring (bicyclic) bond motifs is 1. The van der Waals surface area contributed by atoms with Crippen molar-refractivity contribution in [3.05, 3.63) is 124 Å². The zero-order chi connectivity index (χ0) is 34.4. The van der Waals surface area contributed by atoms with E-state index in [-0.39, 0.29) is 35.7 Å². The molecule has 6 rings (SSSR count). The second-order valence-corrected chi connectivity index (χ2v) is 14.2. The summed E-state index contributed by atoms with van der Waals surface area (Å²) in [6, 6.07) is 27.2. The summed E-state index contributed by atoms with van der Waals surface area (Å²) >= 11 is 0. The standard InChI is InChI=1S/C42H51N3O4/c1-4-22-42(3)26-37(35-23-29(5-2)20-21-39(35)49-42)43-27-38(46)36(24-30-14-8-6-9-15-30)44-40(47)32-25-34(31-16-10-7-11-17-31)41(48)45(28-32)33-18-12-13-19-33/h6-11,14-17,20-21,23,25,28,33,36-38,43,46H,4-5,12-13,18-19,22,24,26-27H2,1-3H3,(H,44,47). The molecule has 1 aromatic heterocycles.